The third kappa shape index (κ3) is 2.63. The summed E-state index contributed by atoms with van der Waals surface area (Å²) in [5.74, 6) is 1.94. The number of likely N-dealkylation sites (tertiary alicyclic amines) is 1. The molecule has 4 heterocycles. The summed E-state index contributed by atoms with van der Waals surface area (Å²) in [4.78, 5) is 12.0. The van der Waals surface area contributed by atoms with Crippen LogP contribution in [-0.2, 0) is 13.0 Å². The molecule has 5 heteroatoms. The number of hydrogen-bond acceptors (Lipinski definition) is 4. The normalized spacial score (nSPS) is 26.2. The minimum atomic E-state index is 0.625. The summed E-state index contributed by atoms with van der Waals surface area (Å²) in [6.07, 6.45) is 6.82. The Labute approximate surface area is 131 Å². The Balaban J connectivity index is 1.66. The van der Waals surface area contributed by atoms with Crippen molar-refractivity contribution in [2.24, 2.45) is 5.92 Å². The Morgan fingerprint density at radius 1 is 1.36 bits per heavy atom. The summed E-state index contributed by atoms with van der Waals surface area (Å²) in [6.45, 7) is 4.51. The summed E-state index contributed by atoms with van der Waals surface area (Å²) in [5.41, 5.74) is 2.10. The summed E-state index contributed by atoms with van der Waals surface area (Å²) in [5, 5.41) is 3.47. The second-order valence-corrected chi connectivity index (χ2v) is 6.82. The largest absolute Gasteiger partial charge is 0.316 e. The molecular weight excluding hydrogens is 274 g/mol. The summed E-state index contributed by atoms with van der Waals surface area (Å²) >= 11 is 0. The molecule has 2 aliphatic heterocycles. The molecule has 2 saturated heterocycles. The lowest BCUT2D eigenvalue weighted by Gasteiger charge is -2.21. The maximum atomic E-state index is 4.90. The van der Waals surface area contributed by atoms with E-state index in [2.05, 4.69) is 32.9 Å². The lowest BCUT2D eigenvalue weighted by atomic mass is 10.0. The lowest BCUT2D eigenvalue weighted by molar-refractivity contribution is 0.281. The number of hydrogen-bond donors (Lipinski definition) is 1. The monoisotopic (exact) mass is 299 g/mol. The molecular formula is C17H25N5. The van der Waals surface area contributed by atoms with Gasteiger partial charge in [0, 0.05) is 25.2 Å². The number of imidazole rings is 1. The van der Waals surface area contributed by atoms with Gasteiger partial charge >= 0.3 is 0 Å². The van der Waals surface area contributed by atoms with Gasteiger partial charge in [0.05, 0.1) is 0 Å². The molecule has 2 unspecified atom stereocenters. The zero-order valence-electron chi connectivity index (χ0n) is 13.3. The fourth-order valence-corrected chi connectivity index (χ4v) is 3.92. The highest BCUT2D eigenvalue weighted by atomic mass is 15.2. The molecule has 0 radical (unpaired) electrons. The Morgan fingerprint density at radius 2 is 2.32 bits per heavy atom. The number of likely N-dealkylation sites (N-methyl/N-ethyl adjacent to an activating group) is 1. The molecule has 2 aromatic heterocycles. The fourth-order valence-electron chi connectivity index (χ4n) is 3.92. The molecule has 1 N–H and O–H groups in total. The van der Waals surface area contributed by atoms with E-state index in [0.717, 1.165) is 43.1 Å². The van der Waals surface area contributed by atoms with Crippen LogP contribution in [0.2, 0.25) is 0 Å². The summed E-state index contributed by atoms with van der Waals surface area (Å²) < 4.78 is 2.39. The van der Waals surface area contributed by atoms with Gasteiger partial charge in [0.15, 0.2) is 5.65 Å². The van der Waals surface area contributed by atoms with Crippen molar-refractivity contribution in [3.05, 3.63) is 24.2 Å². The number of pyridine rings is 1. The van der Waals surface area contributed by atoms with Crippen LogP contribution in [0.4, 0.5) is 0 Å². The Hall–Kier alpha value is -1.46. The van der Waals surface area contributed by atoms with Gasteiger partial charge in [-0.1, -0.05) is 0 Å². The van der Waals surface area contributed by atoms with Gasteiger partial charge in [0.2, 0.25) is 0 Å². The van der Waals surface area contributed by atoms with Crippen molar-refractivity contribution >= 4 is 11.2 Å². The fraction of sp³-hybridized carbons (Fsp3) is 0.647. The van der Waals surface area contributed by atoms with Crippen LogP contribution in [0.5, 0.6) is 0 Å². The minimum absolute atomic E-state index is 0.625. The van der Waals surface area contributed by atoms with Gasteiger partial charge in [-0.3, -0.25) is 0 Å². The molecule has 2 fully saturated rings. The van der Waals surface area contributed by atoms with Crippen molar-refractivity contribution in [1.29, 1.82) is 0 Å². The first-order valence-electron chi connectivity index (χ1n) is 8.52. The number of rotatable bonds is 4. The number of fused-ring (bicyclic) bond motifs is 1. The molecule has 118 valence electrons. The molecule has 0 bridgehead atoms. The van der Waals surface area contributed by atoms with E-state index in [4.69, 9.17) is 4.98 Å². The highest BCUT2D eigenvalue weighted by Gasteiger charge is 2.25. The smallest absolute Gasteiger partial charge is 0.160 e. The molecule has 2 aliphatic rings. The standard InChI is InChI=1S/C17H25N5/c1-21-9-3-4-14(21)12-22-16(10-13-6-8-18-11-13)20-15-5-2-7-19-17(15)22/h2,5,7,13-14,18H,3-4,6,8-12H2,1H3. The van der Waals surface area contributed by atoms with E-state index in [-0.39, 0.29) is 0 Å². The third-order valence-electron chi connectivity index (χ3n) is 5.28. The summed E-state index contributed by atoms with van der Waals surface area (Å²) in [6, 6.07) is 4.70. The van der Waals surface area contributed by atoms with Gasteiger partial charge < -0.3 is 14.8 Å². The summed E-state index contributed by atoms with van der Waals surface area (Å²) in [7, 11) is 2.24. The molecule has 2 atom stereocenters. The van der Waals surface area contributed by atoms with E-state index in [1.165, 1.54) is 31.6 Å². The Bertz CT molecular complexity index is 644. The molecule has 0 saturated carbocycles. The van der Waals surface area contributed by atoms with Crippen molar-refractivity contribution in [2.75, 3.05) is 26.7 Å². The molecule has 0 aromatic carbocycles. The van der Waals surface area contributed by atoms with Crippen LogP contribution >= 0.6 is 0 Å². The first-order chi connectivity index (χ1) is 10.8. The first-order valence-corrected chi connectivity index (χ1v) is 8.52. The predicted molar refractivity (Wildman–Crippen MR) is 87.9 cm³/mol. The van der Waals surface area contributed by atoms with E-state index >= 15 is 0 Å². The highest BCUT2D eigenvalue weighted by Crippen LogP contribution is 2.23. The Kier molecular flexibility index (Phi) is 3.84. The van der Waals surface area contributed by atoms with Crippen molar-refractivity contribution in [2.45, 2.75) is 38.3 Å². The van der Waals surface area contributed by atoms with E-state index in [1.54, 1.807) is 0 Å². The maximum absolute atomic E-state index is 4.90. The molecule has 0 amide bonds. The van der Waals surface area contributed by atoms with Crippen LogP contribution in [0.1, 0.15) is 25.1 Å². The van der Waals surface area contributed by atoms with Gasteiger partial charge in [-0.05, 0) is 64.0 Å². The van der Waals surface area contributed by atoms with Crippen LogP contribution in [-0.4, -0.2) is 52.2 Å². The van der Waals surface area contributed by atoms with E-state index in [1.807, 2.05) is 12.3 Å². The van der Waals surface area contributed by atoms with Crippen LogP contribution < -0.4 is 5.32 Å². The van der Waals surface area contributed by atoms with Crippen molar-refractivity contribution in [1.82, 2.24) is 24.8 Å². The van der Waals surface area contributed by atoms with Crippen molar-refractivity contribution in [3.63, 3.8) is 0 Å². The van der Waals surface area contributed by atoms with Gasteiger partial charge in [-0.25, -0.2) is 9.97 Å². The Morgan fingerprint density at radius 3 is 3.09 bits per heavy atom. The lowest BCUT2D eigenvalue weighted by Crippen LogP contribution is -2.30. The average molecular weight is 299 g/mol. The maximum Gasteiger partial charge on any atom is 0.160 e. The van der Waals surface area contributed by atoms with Crippen molar-refractivity contribution < 1.29 is 0 Å². The zero-order chi connectivity index (χ0) is 14.9. The minimum Gasteiger partial charge on any atom is -0.316 e. The number of nitrogens with one attached hydrogen (secondary N) is 1. The van der Waals surface area contributed by atoms with Crippen LogP contribution in [0.25, 0.3) is 11.2 Å². The predicted octanol–water partition coefficient (Wildman–Crippen LogP) is 1.68. The van der Waals surface area contributed by atoms with Crippen LogP contribution in [0, 0.1) is 5.92 Å². The van der Waals surface area contributed by atoms with Crippen LogP contribution in [0.15, 0.2) is 18.3 Å². The molecule has 0 spiro atoms. The number of nitrogens with zero attached hydrogens (tertiary/aromatic N) is 4. The van der Waals surface area contributed by atoms with Gasteiger partial charge in [-0.2, -0.15) is 0 Å². The highest BCUT2D eigenvalue weighted by molar-refractivity contribution is 5.71. The van der Waals surface area contributed by atoms with Crippen LogP contribution in [0.3, 0.4) is 0 Å². The van der Waals surface area contributed by atoms with E-state index in [0.29, 0.717) is 6.04 Å². The second kappa shape index (κ2) is 5.97. The molecule has 4 rings (SSSR count). The van der Waals surface area contributed by atoms with Gasteiger partial charge in [0.25, 0.3) is 0 Å². The van der Waals surface area contributed by atoms with E-state index < -0.39 is 0 Å². The van der Waals surface area contributed by atoms with E-state index in [9.17, 15) is 0 Å². The average Bonchev–Trinajstić information content (AvgIpc) is 3.23. The van der Waals surface area contributed by atoms with Gasteiger partial charge in [-0.15, -0.1) is 0 Å². The quantitative estimate of drug-likeness (QED) is 0.933. The van der Waals surface area contributed by atoms with Crippen molar-refractivity contribution in [3.8, 4) is 0 Å². The molecule has 2 aromatic rings. The molecule has 0 aliphatic carbocycles. The first kappa shape index (κ1) is 14.2. The zero-order valence-corrected chi connectivity index (χ0v) is 13.3. The molecule has 5 nitrogen and oxygen atoms in total. The SMILES string of the molecule is CN1CCCC1Cn1c(CC2CCNC2)nc2cccnc21. The number of aromatic nitrogens is 3. The van der Waals surface area contributed by atoms with Gasteiger partial charge in [0.1, 0.15) is 11.3 Å². The third-order valence-corrected chi connectivity index (χ3v) is 5.28. The second-order valence-electron chi connectivity index (χ2n) is 6.82. The topological polar surface area (TPSA) is 46.0 Å². The molecule has 22 heavy (non-hydrogen) atoms.